The first-order valence-corrected chi connectivity index (χ1v) is 6.11. The lowest BCUT2D eigenvalue weighted by Crippen LogP contribution is -2.43. The smallest absolute Gasteiger partial charge is 0.330 e. The molecule has 21 heavy (non-hydrogen) atoms. The molecule has 0 aliphatic rings. The Balaban J connectivity index is 4.47. The standard InChI is InChI=1S/C13H16N4O4/c1-9(13(20)21)2-3-10(17-12(19)5-7-15)8-16-11(18)4-6-14/h10H,1-5,8H2,(H,16,18)(H,17,19)(H,20,21). The van der Waals surface area contributed by atoms with Gasteiger partial charge >= 0.3 is 5.97 Å². The summed E-state index contributed by atoms with van der Waals surface area (Å²) < 4.78 is 0. The molecule has 1 unspecified atom stereocenters. The quantitative estimate of drug-likeness (QED) is 0.503. The van der Waals surface area contributed by atoms with Crippen molar-refractivity contribution < 1.29 is 19.5 Å². The normalized spacial score (nSPS) is 10.6. The molecular formula is C13H16N4O4. The molecule has 3 N–H and O–H groups in total. The van der Waals surface area contributed by atoms with E-state index in [2.05, 4.69) is 17.2 Å². The van der Waals surface area contributed by atoms with Crippen LogP contribution in [0.4, 0.5) is 0 Å². The minimum Gasteiger partial charge on any atom is -0.478 e. The Kier molecular flexibility index (Phi) is 8.62. The largest absolute Gasteiger partial charge is 0.478 e. The molecule has 0 rings (SSSR count). The summed E-state index contributed by atoms with van der Waals surface area (Å²) in [7, 11) is 0. The van der Waals surface area contributed by atoms with E-state index in [-0.39, 0.29) is 37.8 Å². The van der Waals surface area contributed by atoms with Gasteiger partial charge in [0.15, 0.2) is 0 Å². The Hall–Kier alpha value is -2.87. The maximum Gasteiger partial charge on any atom is 0.330 e. The summed E-state index contributed by atoms with van der Waals surface area (Å²) in [6.45, 7) is 3.42. The van der Waals surface area contributed by atoms with Gasteiger partial charge in [-0.3, -0.25) is 9.59 Å². The second kappa shape index (κ2) is 9.98. The van der Waals surface area contributed by atoms with E-state index in [0.717, 1.165) is 0 Å². The molecule has 112 valence electrons. The SMILES string of the molecule is C=C(CCC(CNC(=O)CC#N)NC(=O)CC#N)C(=O)O. The van der Waals surface area contributed by atoms with E-state index in [1.165, 1.54) is 0 Å². The minimum atomic E-state index is -1.13. The van der Waals surface area contributed by atoms with E-state index < -0.39 is 23.8 Å². The molecule has 0 heterocycles. The third-order valence-electron chi connectivity index (χ3n) is 2.49. The van der Waals surface area contributed by atoms with E-state index >= 15 is 0 Å². The van der Waals surface area contributed by atoms with Crippen molar-refractivity contribution in [2.45, 2.75) is 31.7 Å². The predicted octanol–water partition coefficient (Wildman–Crippen LogP) is -0.164. The van der Waals surface area contributed by atoms with Crippen LogP contribution in [0, 0.1) is 22.7 Å². The molecule has 0 saturated carbocycles. The summed E-state index contributed by atoms with van der Waals surface area (Å²) >= 11 is 0. The van der Waals surface area contributed by atoms with Crippen LogP contribution in [0.5, 0.6) is 0 Å². The number of carboxylic acids is 1. The Bertz CT molecular complexity index is 501. The van der Waals surface area contributed by atoms with Gasteiger partial charge in [0.25, 0.3) is 0 Å². The molecule has 0 saturated heterocycles. The number of amides is 2. The fourth-order valence-corrected chi connectivity index (χ4v) is 1.40. The summed E-state index contributed by atoms with van der Waals surface area (Å²) in [4.78, 5) is 33.2. The van der Waals surface area contributed by atoms with Gasteiger partial charge in [0, 0.05) is 18.2 Å². The van der Waals surface area contributed by atoms with Gasteiger partial charge in [-0.15, -0.1) is 0 Å². The molecule has 8 nitrogen and oxygen atoms in total. The number of carbonyl (C=O) groups is 3. The topological polar surface area (TPSA) is 143 Å². The number of nitrogens with zero attached hydrogens (tertiary/aromatic N) is 2. The van der Waals surface area contributed by atoms with Gasteiger partial charge in [0.05, 0.1) is 12.1 Å². The van der Waals surface area contributed by atoms with Crippen molar-refractivity contribution in [3.63, 3.8) is 0 Å². The van der Waals surface area contributed by atoms with Crippen LogP contribution in [0.3, 0.4) is 0 Å². The fourth-order valence-electron chi connectivity index (χ4n) is 1.40. The van der Waals surface area contributed by atoms with Crippen LogP contribution in [0.15, 0.2) is 12.2 Å². The van der Waals surface area contributed by atoms with Crippen LogP contribution in [-0.2, 0) is 14.4 Å². The zero-order valence-corrected chi connectivity index (χ0v) is 11.4. The monoisotopic (exact) mass is 292 g/mol. The second-order valence-electron chi connectivity index (χ2n) is 4.19. The number of hydrogen-bond donors (Lipinski definition) is 3. The van der Waals surface area contributed by atoms with Crippen LogP contribution in [-0.4, -0.2) is 35.5 Å². The molecule has 0 fully saturated rings. The third kappa shape index (κ3) is 8.78. The summed E-state index contributed by atoms with van der Waals surface area (Å²) in [5.41, 5.74) is -0.0158. The summed E-state index contributed by atoms with van der Waals surface area (Å²) in [5.74, 6) is -2.14. The van der Waals surface area contributed by atoms with E-state index in [1.807, 2.05) is 0 Å². The van der Waals surface area contributed by atoms with E-state index in [9.17, 15) is 14.4 Å². The molecule has 0 aromatic carbocycles. The van der Waals surface area contributed by atoms with Gasteiger partial charge in [-0.25, -0.2) is 4.79 Å². The number of nitrogens with one attached hydrogen (secondary N) is 2. The van der Waals surface area contributed by atoms with Gasteiger partial charge < -0.3 is 15.7 Å². The predicted molar refractivity (Wildman–Crippen MR) is 71.4 cm³/mol. The maximum atomic E-state index is 11.4. The highest BCUT2D eigenvalue weighted by molar-refractivity contribution is 5.85. The van der Waals surface area contributed by atoms with Gasteiger partial charge in [-0.1, -0.05) is 6.58 Å². The van der Waals surface area contributed by atoms with Crippen LogP contribution in [0.25, 0.3) is 0 Å². The first-order chi connectivity index (χ1) is 9.90. The van der Waals surface area contributed by atoms with Crippen LogP contribution in [0.1, 0.15) is 25.7 Å². The minimum absolute atomic E-state index is 0.0158. The zero-order chi connectivity index (χ0) is 16.3. The molecule has 0 bridgehead atoms. The summed E-state index contributed by atoms with van der Waals surface area (Å²) in [6.07, 6.45) is -0.265. The van der Waals surface area contributed by atoms with Crippen molar-refractivity contribution >= 4 is 17.8 Å². The number of carboxylic acid groups (broad SMARTS) is 1. The molecule has 0 spiro atoms. The lowest BCUT2D eigenvalue weighted by molar-refractivity contribution is -0.132. The van der Waals surface area contributed by atoms with Crippen LogP contribution >= 0.6 is 0 Å². The van der Waals surface area contributed by atoms with Crippen molar-refractivity contribution in [1.29, 1.82) is 10.5 Å². The van der Waals surface area contributed by atoms with Crippen molar-refractivity contribution in [2.24, 2.45) is 0 Å². The summed E-state index contributed by atoms with van der Waals surface area (Å²) in [6, 6.07) is 2.83. The van der Waals surface area contributed by atoms with Crippen molar-refractivity contribution in [1.82, 2.24) is 10.6 Å². The molecule has 8 heteroatoms. The Morgan fingerprint density at radius 1 is 1.14 bits per heavy atom. The van der Waals surface area contributed by atoms with Crippen molar-refractivity contribution in [2.75, 3.05) is 6.54 Å². The number of aliphatic carboxylic acids is 1. The Morgan fingerprint density at radius 3 is 2.24 bits per heavy atom. The highest BCUT2D eigenvalue weighted by atomic mass is 16.4. The Morgan fingerprint density at radius 2 is 1.71 bits per heavy atom. The molecule has 2 amide bonds. The maximum absolute atomic E-state index is 11.4. The number of nitriles is 2. The number of rotatable bonds is 9. The van der Waals surface area contributed by atoms with Gasteiger partial charge in [-0.05, 0) is 12.8 Å². The highest BCUT2D eigenvalue weighted by Crippen LogP contribution is 2.06. The highest BCUT2D eigenvalue weighted by Gasteiger charge is 2.15. The molecule has 0 aromatic heterocycles. The van der Waals surface area contributed by atoms with Crippen molar-refractivity contribution in [3.05, 3.63) is 12.2 Å². The number of carbonyl (C=O) groups excluding carboxylic acids is 2. The van der Waals surface area contributed by atoms with Gasteiger partial charge in [0.1, 0.15) is 12.8 Å². The first kappa shape index (κ1) is 18.1. The van der Waals surface area contributed by atoms with E-state index in [1.54, 1.807) is 12.1 Å². The molecule has 1 atom stereocenters. The third-order valence-corrected chi connectivity index (χ3v) is 2.49. The summed E-state index contributed by atoms with van der Waals surface area (Å²) in [5, 5.41) is 30.5. The van der Waals surface area contributed by atoms with Gasteiger partial charge in [0.2, 0.25) is 11.8 Å². The van der Waals surface area contributed by atoms with Crippen molar-refractivity contribution in [3.8, 4) is 12.1 Å². The van der Waals surface area contributed by atoms with E-state index in [0.29, 0.717) is 0 Å². The lowest BCUT2D eigenvalue weighted by Gasteiger charge is -2.18. The molecule has 0 aromatic rings. The zero-order valence-electron chi connectivity index (χ0n) is 11.4. The molecule has 0 aliphatic carbocycles. The molecule has 0 radical (unpaired) electrons. The molecule has 0 aliphatic heterocycles. The molecular weight excluding hydrogens is 276 g/mol. The van der Waals surface area contributed by atoms with E-state index in [4.69, 9.17) is 15.6 Å². The Labute approximate surface area is 122 Å². The average molecular weight is 292 g/mol. The lowest BCUT2D eigenvalue weighted by atomic mass is 10.1. The second-order valence-corrected chi connectivity index (χ2v) is 4.19. The van der Waals surface area contributed by atoms with Crippen LogP contribution < -0.4 is 10.6 Å². The van der Waals surface area contributed by atoms with Gasteiger partial charge in [-0.2, -0.15) is 10.5 Å². The first-order valence-electron chi connectivity index (χ1n) is 6.11. The van der Waals surface area contributed by atoms with Crippen LogP contribution in [0.2, 0.25) is 0 Å². The number of hydrogen-bond acceptors (Lipinski definition) is 5. The average Bonchev–Trinajstić information content (AvgIpc) is 2.41. The fraction of sp³-hybridized carbons (Fsp3) is 0.462.